The number of hydrogen-bond acceptors (Lipinski definition) is 7. The first kappa shape index (κ1) is 20.6. The highest BCUT2D eigenvalue weighted by Gasteiger charge is 2.36. The molecule has 1 saturated heterocycles. The molecule has 1 N–H and O–H groups in total. The van der Waals surface area contributed by atoms with Crippen molar-refractivity contribution in [2.45, 2.75) is 26.8 Å². The van der Waals surface area contributed by atoms with Crippen LogP contribution in [0.5, 0.6) is 5.75 Å². The molecule has 7 nitrogen and oxygen atoms in total. The fourth-order valence-electron chi connectivity index (χ4n) is 3.57. The number of benzene rings is 1. The molecule has 1 unspecified atom stereocenters. The van der Waals surface area contributed by atoms with Gasteiger partial charge < -0.3 is 15.0 Å². The Morgan fingerprint density at radius 1 is 1.17 bits per heavy atom. The lowest BCUT2D eigenvalue weighted by molar-refractivity contribution is -0.119. The quantitative estimate of drug-likeness (QED) is 0.662. The van der Waals surface area contributed by atoms with Gasteiger partial charge in [0.25, 0.3) is 5.91 Å². The number of carbonyl (C=O) groups excluding carboxylic acids is 2. The van der Waals surface area contributed by atoms with Crippen LogP contribution in [-0.4, -0.2) is 51.5 Å². The van der Waals surface area contributed by atoms with Crippen LogP contribution in [0.15, 0.2) is 24.3 Å². The second kappa shape index (κ2) is 8.23. The highest BCUT2D eigenvalue weighted by molar-refractivity contribution is 7.99. The minimum Gasteiger partial charge on any atom is -0.497 e. The van der Waals surface area contributed by atoms with Crippen LogP contribution in [-0.2, 0) is 4.79 Å². The predicted octanol–water partition coefficient (Wildman–Crippen LogP) is 3.78. The van der Waals surface area contributed by atoms with Crippen molar-refractivity contribution < 1.29 is 14.3 Å². The van der Waals surface area contributed by atoms with E-state index in [2.05, 4.69) is 15.3 Å². The molecule has 0 saturated carbocycles. The average Bonchev–Trinajstić information content (AvgIpc) is 3.33. The van der Waals surface area contributed by atoms with Crippen LogP contribution < -0.4 is 10.1 Å². The monoisotopic (exact) mass is 442 g/mol. The number of nitrogens with one attached hydrogen (secondary N) is 1. The maximum absolute atomic E-state index is 13.4. The summed E-state index contributed by atoms with van der Waals surface area (Å²) in [6.45, 7) is 5.70. The van der Waals surface area contributed by atoms with Gasteiger partial charge in [-0.25, -0.2) is 9.97 Å². The van der Waals surface area contributed by atoms with E-state index in [0.717, 1.165) is 27.2 Å². The number of amides is 2. The highest BCUT2D eigenvalue weighted by Crippen LogP contribution is 2.34. The van der Waals surface area contributed by atoms with Gasteiger partial charge in [0.05, 0.1) is 17.9 Å². The van der Waals surface area contributed by atoms with E-state index in [-0.39, 0.29) is 11.8 Å². The Kier molecular flexibility index (Phi) is 5.66. The zero-order valence-electron chi connectivity index (χ0n) is 17.2. The van der Waals surface area contributed by atoms with E-state index in [1.165, 1.54) is 11.3 Å². The van der Waals surface area contributed by atoms with Crippen molar-refractivity contribution in [2.75, 3.05) is 24.1 Å². The molecule has 1 fully saturated rings. The molecule has 1 atom stereocenters. The number of methoxy groups -OCH3 is 1. The first-order chi connectivity index (χ1) is 14.4. The number of nitrogens with zero attached hydrogens (tertiary/aromatic N) is 3. The van der Waals surface area contributed by atoms with Gasteiger partial charge in [-0.1, -0.05) is 0 Å². The summed E-state index contributed by atoms with van der Waals surface area (Å²) in [4.78, 5) is 38.3. The second-order valence-corrected chi connectivity index (χ2v) is 9.10. The second-order valence-electron chi connectivity index (χ2n) is 7.10. The molecule has 0 aliphatic carbocycles. The number of thioether (sulfide) groups is 1. The van der Waals surface area contributed by atoms with Crippen molar-refractivity contribution in [3.05, 3.63) is 46.2 Å². The first-order valence-corrected chi connectivity index (χ1v) is 11.4. The van der Waals surface area contributed by atoms with Crippen LogP contribution in [0.2, 0.25) is 0 Å². The standard InChI is InChI=1S/C21H22N4O3S2/c1-11-17-12(2)22-13(3)23-20(17)30-18(11)21(27)25-10-29-9-16(25)19(26)24-14-5-7-15(28-4)8-6-14/h5-8,16H,9-10H2,1-4H3,(H,24,26). The van der Waals surface area contributed by atoms with Crippen molar-refractivity contribution in [1.82, 2.24) is 14.9 Å². The van der Waals surface area contributed by atoms with Crippen LogP contribution in [0, 0.1) is 20.8 Å². The summed E-state index contributed by atoms with van der Waals surface area (Å²) in [7, 11) is 1.59. The lowest BCUT2D eigenvalue weighted by Gasteiger charge is -2.23. The normalized spacial score (nSPS) is 16.1. The van der Waals surface area contributed by atoms with E-state index in [9.17, 15) is 9.59 Å². The van der Waals surface area contributed by atoms with Gasteiger partial charge in [-0.15, -0.1) is 23.1 Å². The van der Waals surface area contributed by atoms with Crippen molar-refractivity contribution in [2.24, 2.45) is 0 Å². The van der Waals surface area contributed by atoms with Gasteiger partial charge in [0, 0.05) is 22.5 Å². The molecule has 1 aromatic carbocycles. The number of aryl methyl sites for hydroxylation is 3. The summed E-state index contributed by atoms with van der Waals surface area (Å²) in [5.41, 5.74) is 2.42. The molecule has 30 heavy (non-hydrogen) atoms. The lowest BCUT2D eigenvalue weighted by Crippen LogP contribution is -2.44. The zero-order valence-corrected chi connectivity index (χ0v) is 18.8. The molecule has 4 rings (SSSR count). The summed E-state index contributed by atoms with van der Waals surface area (Å²) in [6, 6.07) is 6.61. The predicted molar refractivity (Wildman–Crippen MR) is 121 cm³/mol. The summed E-state index contributed by atoms with van der Waals surface area (Å²) in [5.74, 6) is 2.13. The van der Waals surface area contributed by atoms with Crippen LogP contribution >= 0.6 is 23.1 Å². The fourth-order valence-corrected chi connectivity index (χ4v) is 5.96. The van der Waals surface area contributed by atoms with Gasteiger partial charge >= 0.3 is 0 Å². The Balaban J connectivity index is 1.57. The minimum absolute atomic E-state index is 0.132. The Morgan fingerprint density at radius 3 is 2.60 bits per heavy atom. The fraction of sp³-hybridized carbons (Fsp3) is 0.333. The molecule has 0 bridgehead atoms. The van der Waals surface area contributed by atoms with E-state index in [0.29, 0.717) is 28.0 Å². The van der Waals surface area contributed by atoms with Gasteiger partial charge in [-0.3, -0.25) is 9.59 Å². The molecule has 2 amide bonds. The Bertz CT molecular complexity index is 1130. The van der Waals surface area contributed by atoms with E-state index < -0.39 is 6.04 Å². The number of thiophene rings is 1. The van der Waals surface area contributed by atoms with Crippen LogP contribution in [0.1, 0.15) is 26.8 Å². The van der Waals surface area contributed by atoms with Crippen LogP contribution in [0.25, 0.3) is 10.2 Å². The molecule has 0 spiro atoms. The maximum atomic E-state index is 13.4. The number of aromatic nitrogens is 2. The number of rotatable bonds is 4. The maximum Gasteiger partial charge on any atom is 0.265 e. The van der Waals surface area contributed by atoms with E-state index >= 15 is 0 Å². The number of anilines is 1. The highest BCUT2D eigenvalue weighted by atomic mass is 32.2. The van der Waals surface area contributed by atoms with Crippen molar-refractivity contribution in [3.8, 4) is 5.75 Å². The Morgan fingerprint density at radius 2 is 1.90 bits per heavy atom. The minimum atomic E-state index is -0.525. The van der Waals surface area contributed by atoms with Crippen LogP contribution in [0.4, 0.5) is 5.69 Å². The zero-order chi connectivity index (χ0) is 21.4. The van der Waals surface area contributed by atoms with Gasteiger partial charge in [0.15, 0.2) is 0 Å². The molecular weight excluding hydrogens is 420 g/mol. The summed E-state index contributed by atoms with van der Waals surface area (Å²) < 4.78 is 5.15. The molecule has 0 radical (unpaired) electrons. The summed E-state index contributed by atoms with van der Waals surface area (Å²) in [6.07, 6.45) is 0. The smallest absolute Gasteiger partial charge is 0.265 e. The van der Waals surface area contributed by atoms with Gasteiger partial charge in [0.2, 0.25) is 5.91 Å². The first-order valence-electron chi connectivity index (χ1n) is 9.47. The molecule has 1 aliphatic rings. The lowest BCUT2D eigenvalue weighted by atomic mass is 10.1. The van der Waals surface area contributed by atoms with Crippen molar-refractivity contribution in [3.63, 3.8) is 0 Å². The van der Waals surface area contributed by atoms with Crippen LogP contribution in [0.3, 0.4) is 0 Å². The van der Waals surface area contributed by atoms with Crippen molar-refractivity contribution in [1.29, 1.82) is 0 Å². The third-order valence-corrected chi connectivity index (χ3v) is 7.27. The molecule has 9 heteroatoms. The summed E-state index contributed by atoms with van der Waals surface area (Å²) in [5, 5.41) is 3.84. The molecule has 1 aliphatic heterocycles. The number of hydrogen-bond donors (Lipinski definition) is 1. The third-order valence-electron chi connectivity index (χ3n) is 5.08. The molecule has 3 heterocycles. The summed E-state index contributed by atoms with van der Waals surface area (Å²) >= 11 is 2.95. The largest absolute Gasteiger partial charge is 0.497 e. The molecule has 2 aromatic heterocycles. The third kappa shape index (κ3) is 3.75. The van der Waals surface area contributed by atoms with Crippen molar-refractivity contribution >= 4 is 50.8 Å². The Hall–Kier alpha value is -2.65. The van der Waals surface area contributed by atoms with E-state index in [1.54, 1.807) is 48.0 Å². The van der Waals surface area contributed by atoms with E-state index in [4.69, 9.17) is 4.74 Å². The van der Waals surface area contributed by atoms with Gasteiger partial charge in [0.1, 0.15) is 22.4 Å². The topological polar surface area (TPSA) is 84.4 Å². The Labute approximate surface area is 182 Å². The SMILES string of the molecule is COc1ccc(NC(=O)C2CSCN2C(=O)c2sc3nc(C)nc(C)c3c2C)cc1. The van der Waals surface area contributed by atoms with E-state index in [1.807, 2.05) is 20.8 Å². The molecular formula is C21H22N4O3S2. The number of carbonyl (C=O) groups is 2. The molecule has 3 aromatic rings. The number of fused-ring (bicyclic) bond motifs is 1. The molecule has 156 valence electrons. The van der Waals surface area contributed by atoms with Gasteiger partial charge in [-0.05, 0) is 50.6 Å². The average molecular weight is 443 g/mol. The van der Waals surface area contributed by atoms with Gasteiger partial charge in [-0.2, -0.15) is 0 Å². The number of ether oxygens (including phenoxy) is 1.